The molecule has 8 nitrogen and oxygen atoms in total. The van der Waals surface area contributed by atoms with Gasteiger partial charge in [-0.15, -0.1) is 0 Å². The fraction of sp³-hybridized carbons (Fsp3) is 0.625. The van der Waals surface area contributed by atoms with E-state index in [0.717, 1.165) is 19.4 Å². The fourth-order valence-corrected chi connectivity index (χ4v) is 2.39. The van der Waals surface area contributed by atoms with E-state index in [4.69, 9.17) is 4.74 Å². The van der Waals surface area contributed by atoms with Gasteiger partial charge in [0.2, 0.25) is 0 Å². The first kappa shape index (κ1) is 18.0. The van der Waals surface area contributed by atoms with Crippen LogP contribution in [0.25, 0.3) is 0 Å². The molecule has 0 spiro atoms. The molecule has 0 saturated carbocycles. The number of unbranched alkanes of at least 4 members (excludes halogenated alkanes) is 1. The van der Waals surface area contributed by atoms with E-state index in [2.05, 4.69) is 22.2 Å². The first-order valence-corrected chi connectivity index (χ1v) is 8.42. The summed E-state index contributed by atoms with van der Waals surface area (Å²) >= 11 is 0. The van der Waals surface area contributed by atoms with Crippen molar-refractivity contribution in [2.24, 2.45) is 0 Å². The summed E-state index contributed by atoms with van der Waals surface area (Å²) in [4.78, 5) is 35.8. The molecule has 0 bridgehead atoms. The lowest BCUT2D eigenvalue weighted by atomic mass is 10.3. The number of carbonyl (C=O) groups is 2. The maximum Gasteiger partial charge on any atom is 0.409 e. The Labute approximate surface area is 142 Å². The molecule has 1 fully saturated rings. The van der Waals surface area contributed by atoms with Crippen LogP contribution in [0.15, 0.2) is 12.4 Å². The molecule has 0 aromatic carbocycles. The summed E-state index contributed by atoms with van der Waals surface area (Å²) in [6.07, 6.45) is 4.92. The first-order chi connectivity index (χ1) is 11.7. The Hall–Kier alpha value is -2.38. The summed E-state index contributed by atoms with van der Waals surface area (Å²) < 4.78 is 4.97. The third kappa shape index (κ3) is 4.81. The van der Waals surface area contributed by atoms with Gasteiger partial charge in [-0.05, 0) is 13.3 Å². The Morgan fingerprint density at radius 1 is 1.12 bits per heavy atom. The number of amides is 2. The molecule has 1 N–H and O–H groups in total. The van der Waals surface area contributed by atoms with Crippen LogP contribution in [0, 0.1) is 0 Å². The van der Waals surface area contributed by atoms with Crippen molar-refractivity contribution in [2.75, 3.05) is 44.6 Å². The van der Waals surface area contributed by atoms with E-state index in [1.165, 1.54) is 6.20 Å². The second-order valence-corrected chi connectivity index (χ2v) is 5.55. The van der Waals surface area contributed by atoms with Crippen LogP contribution in [-0.4, -0.2) is 71.1 Å². The number of nitrogens with one attached hydrogen (secondary N) is 1. The lowest BCUT2D eigenvalue weighted by molar-refractivity contribution is 0.0565. The zero-order valence-electron chi connectivity index (χ0n) is 14.3. The highest BCUT2D eigenvalue weighted by atomic mass is 16.6. The molecule has 0 atom stereocenters. The van der Waals surface area contributed by atoms with Crippen LogP contribution < -0.4 is 5.32 Å². The minimum absolute atomic E-state index is 0.161. The van der Waals surface area contributed by atoms with Crippen LogP contribution in [0.2, 0.25) is 0 Å². The molecule has 1 saturated heterocycles. The second kappa shape index (κ2) is 9.05. The number of ether oxygens (including phenoxy) is 1. The van der Waals surface area contributed by atoms with Crippen molar-refractivity contribution < 1.29 is 14.3 Å². The topological polar surface area (TPSA) is 87.7 Å². The van der Waals surface area contributed by atoms with Gasteiger partial charge in [-0.25, -0.2) is 14.8 Å². The number of anilines is 1. The summed E-state index contributed by atoms with van der Waals surface area (Å²) in [5.74, 6) is 0.512. The molecule has 2 rings (SSSR count). The summed E-state index contributed by atoms with van der Waals surface area (Å²) in [5.41, 5.74) is 0.320. The lowest BCUT2D eigenvalue weighted by Crippen LogP contribution is -2.50. The SMILES string of the molecule is CCCCNc1cnc(C(=O)N2CCN(C(=O)OCC)CC2)cn1. The fourth-order valence-electron chi connectivity index (χ4n) is 2.39. The van der Waals surface area contributed by atoms with Crippen LogP contribution in [0.4, 0.5) is 10.6 Å². The van der Waals surface area contributed by atoms with Crippen molar-refractivity contribution in [1.82, 2.24) is 19.8 Å². The molecule has 24 heavy (non-hydrogen) atoms. The minimum atomic E-state index is -0.327. The normalized spacial score (nSPS) is 14.4. The van der Waals surface area contributed by atoms with Gasteiger partial charge >= 0.3 is 6.09 Å². The quantitative estimate of drug-likeness (QED) is 0.795. The van der Waals surface area contributed by atoms with Crippen molar-refractivity contribution in [3.05, 3.63) is 18.1 Å². The van der Waals surface area contributed by atoms with Gasteiger partial charge in [0, 0.05) is 32.7 Å². The van der Waals surface area contributed by atoms with Crippen LogP contribution in [0.3, 0.4) is 0 Å². The maximum atomic E-state index is 12.4. The van der Waals surface area contributed by atoms with Crippen LogP contribution in [-0.2, 0) is 4.74 Å². The third-order valence-electron chi connectivity index (χ3n) is 3.80. The molecule has 2 amide bonds. The summed E-state index contributed by atoms with van der Waals surface area (Å²) in [5, 5.41) is 3.16. The van der Waals surface area contributed by atoms with Crippen molar-refractivity contribution in [3.8, 4) is 0 Å². The van der Waals surface area contributed by atoms with Crippen molar-refractivity contribution >= 4 is 17.8 Å². The molecular formula is C16H25N5O3. The van der Waals surface area contributed by atoms with Crippen LogP contribution in [0.1, 0.15) is 37.2 Å². The number of piperazine rings is 1. The minimum Gasteiger partial charge on any atom is -0.450 e. The smallest absolute Gasteiger partial charge is 0.409 e. The van der Waals surface area contributed by atoms with Crippen LogP contribution >= 0.6 is 0 Å². The van der Waals surface area contributed by atoms with E-state index in [1.807, 2.05) is 0 Å². The second-order valence-electron chi connectivity index (χ2n) is 5.55. The summed E-state index contributed by atoms with van der Waals surface area (Å²) in [7, 11) is 0. The van der Waals surface area contributed by atoms with Crippen molar-refractivity contribution in [2.45, 2.75) is 26.7 Å². The van der Waals surface area contributed by atoms with E-state index in [-0.39, 0.29) is 12.0 Å². The molecule has 0 unspecified atom stereocenters. The molecular weight excluding hydrogens is 310 g/mol. The summed E-state index contributed by atoms with van der Waals surface area (Å²) in [6.45, 7) is 6.96. The Balaban J connectivity index is 1.85. The molecule has 0 aliphatic carbocycles. The van der Waals surface area contributed by atoms with Gasteiger partial charge in [0.15, 0.2) is 0 Å². The zero-order chi connectivity index (χ0) is 17.4. The Morgan fingerprint density at radius 3 is 2.42 bits per heavy atom. The Bertz CT molecular complexity index is 541. The van der Waals surface area contributed by atoms with E-state index >= 15 is 0 Å². The molecule has 1 aromatic heterocycles. The van der Waals surface area contributed by atoms with Gasteiger partial charge in [-0.3, -0.25) is 4.79 Å². The average molecular weight is 335 g/mol. The number of nitrogens with zero attached hydrogens (tertiary/aromatic N) is 4. The maximum absolute atomic E-state index is 12.4. The van der Waals surface area contributed by atoms with Crippen LogP contribution in [0.5, 0.6) is 0 Å². The van der Waals surface area contributed by atoms with E-state index in [9.17, 15) is 9.59 Å². The zero-order valence-corrected chi connectivity index (χ0v) is 14.3. The molecule has 0 radical (unpaired) electrons. The van der Waals surface area contributed by atoms with E-state index < -0.39 is 0 Å². The predicted octanol–water partition coefficient (Wildman–Crippen LogP) is 1.60. The summed E-state index contributed by atoms with van der Waals surface area (Å²) in [6, 6.07) is 0. The number of hydrogen-bond acceptors (Lipinski definition) is 6. The highest BCUT2D eigenvalue weighted by Gasteiger charge is 2.26. The molecule has 1 aliphatic heterocycles. The number of hydrogen-bond donors (Lipinski definition) is 1. The monoisotopic (exact) mass is 335 g/mol. The van der Waals surface area contributed by atoms with E-state index in [0.29, 0.717) is 44.3 Å². The largest absolute Gasteiger partial charge is 0.450 e. The Kier molecular flexibility index (Phi) is 6.77. The molecule has 1 aromatic rings. The van der Waals surface area contributed by atoms with Crippen molar-refractivity contribution in [3.63, 3.8) is 0 Å². The standard InChI is InChI=1S/C16H25N5O3/c1-3-5-6-17-14-12-18-13(11-19-14)15(22)20-7-9-21(10-8-20)16(23)24-4-2/h11-12H,3-10H2,1-2H3,(H,17,19). The van der Waals surface area contributed by atoms with Gasteiger partial charge in [-0.2, -0.15) is 0 Å². The highest BCUT2D eigenvalue weighted by Crippen LogP contribution is 2.09. The average Bonchev–Trinajstić information content (AvgIpc) is 2.62. The highest BCUT2D eigenvalue weighted by molar-refractivity contribution is 5.92. The van der Waals surface area contributed by atoms with Gasteiger partial charge in [0.1, 0.15) is 11.5 Å². The molecule has 1 aliphatic rings. The molecule has 8 heteroatoms. The third-order valence-corrected chi connectivity index (χ3v) is 3.80. The predicted molar refractivity (Wildman–Crippen MR) is 89.9 cm³/mol. The molecule has 132 valence electrons. The Morgan fingerprint density at radius 2 is 1.83 bits per heavy atom. The van der Waals surface area contributed by atoms with Crippen molar-refractivity contribution in [1.29, 1.82) is 0 Å². The molecule has 2 heterocycles. The number of carbonyl (C=O) groups excluding carboxylic acids is 2. The van der Waals surface area contributed by atoms with Gasteiger partial charge < -0.3 is 19.9 Å². The van der Waals surface area contributed by atoms with E-state index in [1.54, 1.807) is 22.9 Å². The van der Waals surface area contributed by atoms with Gasteiger partial charge in [0.05, 0.1) is 19.0 Å². The number of rotatable bonds is 6. The number of aromatic nitrogens is 2. The van der Waals surface area contributed by atoms with Gasteiger partial charge in [-0.1, -0.05) is 13.3 Å². The first-order valence-electron chi connectivity index (χ1n) is 8.42. The lowest BCUT2D eigenvalue weighted by Gasteiger charge is -2.33. The van der Waals surface area contributed by atoms with Gasteiger partial charge in [0.25, 0.3) is 5.91 Å².